The summed E-state index contributed by atoms with van der Waals surface area (Å²) in [7, 11) is 2.23. The lowest BCUT2D eigenvalue weighted by Gasteiger charge is -2.44. The molecule has 1 unspecified atom stereocenters. The monoisotopic (exact) mass is 452 g/mol. The Hall–Kier alpha value is -0.655. The Morgan fingerprint density at radius 1 is 1.16 bits per heavy atom. The summed E-state index contributed by atoms with van der Waals surface area (Å²) in [5.74, 6) is 0.459. The molecule has 2 aromatic carbocycles. The highest BCUT2D eigenvalue weighted by molar-refractivity contribution is 14.1. The molecule has 134 valence electrons. The molecule has 1 saturated carbocycles. The maximum atomic E-state index is 13.9. The van der Waals surface area contributed by atoms with Crippen LogP contribution in [0.25, 0.3) is 10.8 Å². The second-order valence-corrected chi connectivity index (χ2v) is 9.39. The summed E-state index contributed by atoms with van der Waals surface area (Å²) < 4.78 is 13.9. The zero-order valence-corrected chi connectivity index (χ0v) is 17.1. The van der Waals surface area contributed by atoms with E-state index in [-0.39, 0.29) is 9.36 Å². The van der Waals surface area contributed by atoms with Crippen LogP contribution in [0.3, 0.4) is 0 Å². The minimum Gasteiger partial charge on any atom is -0.317 e. The van der Waals surface area contributed by atoms with Crippen molar-refractivity contribution in [2.24, 2.45) is 11.7 Å². The predicted molar refractivity (Wildman–Crippen MR) is 115 cm³/mol. The molecule has 5 heteroatoms. The van der Waals surface area contributed by atoms with Crippen LogP contribution in [-0.4, -0.2) is 17.4 Å². The Morgan fingerprint density at radius 2 is 1.88 bits per heavy atom. The second kappa shape index (κ2) is 8.36. The number of rotatable bonds is 8. The number of halogens is 2. The summed E-state index contributed by atoms with van der Waals surface area (Å²) in [6.07, 6.45) is 7.14. The summed E-state index contributed by atoms with van der Waals surface area (Å²) in [6.45, 7) is 0.785. The average molecular weight is 452 g/mol. The first-order valence-electron chi connectivity index (χ1n) is 9.38. The Kier molecular flexibility index (Phi) is 6.39. The van der Waals surface area contributed by atoms with Crippen LogP contribution in [0.4, 0.5) is 4.39 Å². The van der Waals surface area contributed by atoms with Crippen molar-refractivity contribution in [1.82, 2.24) is 5.32 Å². The molecule has 0 bridgehead atoms. The van der Waals surface area contributed by atoms with Crippen LogP contribution < -0.4 is 11.1 Å². The number of nitrogens with one attached hydrogen (secondary N) is 1. The fraction of sp³-hybridized carbons (Fsp3) is 0.500. The quantitative estimate of drug-likeness (QED) is 0.208. The summed E-state index contributed by atoms with van der Waals surface area (Å²) in [6, 6.07) is 11.7. The molecule has 1 fully saturated rings. The van der Waals surface area contributed by atoms with Gasteiger partial charge in [0.05, 0.1) is 3.55 Å². The van der Waals surface area contributed by atoms with Crippen LogP contribution in [-0.2, 0) is 6.54 Å². The Labute approximate surface area is 164 Å². The Morgan fingerprint density at radius 3 is 2.60 bits per heavy atom. The molecule has 25 heavy (non-hydrogen) atoms. The molecule has 0 amide bonds. The van der Waals surface area contributed by atoms with E-state index in [0.29, 0.717) is 17.3 Å². The van der Waals surface area contributed by atoms with Gasteiger partial charge in [-0.1, -0.05) is 72.1 Å². The van der Waals surface area contributed by atoms with E-state index in [2.05, 4.69) is 35.8 Å². The standard InChI is InChI=1S/C20H27BFIN2/c21-10-4-3-9-20(23,24)15-11-16(12-15)25-13-14-7-8-19(22)18-6-2-1-5-17(14)18/h1-2,5-8,15-16,25H,3-4,9-13,21,24H2/t15-,16+,20?. The minimum absolute atomic E-state index is 0.0618. The van der Waals surface area contributed by atoms with Crippen LogP contribution in [0, 0.1) is 11.7 Å². The van der Waals surface area contributed by atoms with Crippen molar-refractivity contribution in [1.29, 1.82) is 0 Å². The van der Waals surface area contributed by atoms with Gasteiger partial charge in [-0.3, -0.25) is 0 Å². The van der Waals surface area contributed by atoms with Gasteiger partial charge in [0.1, 0.15) is 13.7 Å². The zero-order valence-electron chi connectivity index (χ0n) is 14.9. The first kappa shape index (κ1) is 19.1. The largest absolute Gasteiger partial charge is 0.317 e. The van der Waals surface area contributed by atoms with Gasteiger partial charge in [0.2, 0.25) is 0 Å². The molecule has 0 radical (unpaired) electrons. The number of hydrogen-bond acceptors (Lipinski definition) is 2. The number of nitrogens with two attached hydrogens (primary N) is 1. The summed E-state index contributed by atoms with van der Waals surface area (Å²) in [4.78, 5) is 0. The maximum Gasteiger partial charge on any atom is 0.131 e. The van der Waals surface area contributed by atoms with Gasteiger partial charge in [0, 0.05) is 18.0 Å². The third-order valence-electron chi connectivity index (χ3n) is 5.52. The number of alkyl halides is 1. The highest BCUT2D eigenvalue weighted by Crippen LogP contribution is 2.42. The number of unbranched alkanes of at least 4 members (excludes halogenated alkanes) is 1. The van der Waals surface area contributed by atoms with E-state index in [1.165, 1.54) is 19.2 Å². The smallest absolute Gasteiger partial charge is 0.131 e. The van der Waals surface area contributed by atoms with Crippen molar-refractivity contribution in [3.05, 3.63) is 47.8 Å². The number of hydrogen-bond donors (Lipinski definition) is 2. The van der Waals surface area contributed by atoms with Crippen molar-refractivity contribution in [3.8, 4) is 0 Å². The van der Waals surface area contributed by atoms with E-state index in [0.717, 1.165) is 36.8 Å². The van der Waals surface area contributed by atoms with Crippen molar-refractivity contribution in [3.63, 3.8) is 0 Å². The van der Waals surface area contributed by atoms with Crippen LogP contribution >= 0.6 is 22.6 Å². The lowest BCUT2D eigenvalue weighted by atomic mass is 9.74. The van der Waals surface area contributed by atoms with Crippen molar-refractivity contribution < 1.29 is 4.39 Å². The van der Waals surface area contributed by atoms with E-state index in [1.807, 2.05) is 30.3 Å². The van der Waals surface area contributed by atoms with Crippen LogP contribution in [0.1, 0.15) is 37.7 Å². The first-order valence-corrected chi connectivity index (χ1v) is 10.5. The van der Waals surface area contributed by atoms with Gasteiger partial charge >= 0.3 is 0 Å². The molecule has 2 nitrogen and oxygen atoms in total. The predicted octanol–water partition coefficient (Wildman–Crippen LogP) is 4.16. The SMILES string of the molecule is BCCCCC(N)(I)[C@H]1C[C@@H](NCc2ccc(F)c3ccccc23)C1. The van der Waals surface area contributed by atoms with E-state index in [1.54, 1.807) is 6.07 Å². The highest BCUT2D eigenvalue weighted by Gasteiger charge is 2.41. The lowest BCUT2D eigenvalue weighted by molar-refractivity contribution is 0.173. The van der Waals surface area contributed by atoms with Gasteiger partial charge in [-0.05, 0) is 42.2 Å². The second-order valence-electron chi connectivity index (χ2n) is 7.38. The van der Waals surface area contributed by atoms with Gasteiger partial charge < -0.3 is 11.1 Å². The van der Waals surface area contributed by atoms with Gasteiger partial charge in [-0.2, -0.15) is 0 Å². The number of benzene rings is 2. The van der Waals surface area contributed by atoms with Gasteiger partial charge in [-0.25, -0.2) is 4.39 Å². The summed E-state index contributed by atoms with van der Waals surface area (Å²) in [5, 5.41) is 5.35. The van der Waals surface area contributed by atoms with Crippen molar-refractivity contribution in [2.75, 3.05) is 0 Å². The first-order chi connectivity index (χ1) is 12.0. The van der Waals surface area contributed by atoms with E-state index in [9.17, 15) is 4.39 Å². The normalized spacial score (nSPS) is 22.5. The molecule has 0 spiro atoms. The number of fused-ring (bicyclic) bond motifs is 1. The molecule has 1 aliphatic carbocycles. The van der Waals surface area contributed by atoms with E-state index >= 15 is 0 Å². The molecule has 2 aromatic rings. The third-order valence-corrected chi connectivity index (χ3v) is 6.94. The molecular formula is C20H27BFIN2. The molecule has 0 saturated heterocycles. The molecule has 0 aliphatic heterocycles. The molecule has 3 N–H and O–H groups in total. The maximum absolute atomic E-state index is 13.9. The molecular weight excluding hydrogens is 425 g/mol. The summed E-state index contributed by atoms with van der Waals surface area (Å²) >= 11 is 2.47. The van der Waals surface area contributed by atoms with E-state index < -0.39 is 0 Å². The zero-order chi connectivity index (χ0) is 17.9. The highest BCUT2D eigenvalue weighted by atomic mass is 127. The molecule has 0 aromatic heterocycles. The third kappa shape index (κ3) is 4.55. The summed E-state index contributed by atoms with van der Waals surface area (Å²) in [5.41, 5.74) is 7.70. The average Bonchev–Trinajstić information content (AvgIpc) is 2.55. The minimum atomic E-state index is -0.145. The van der Waals surface area contributed by atoms with Gasteiger partial charge in [-0.15, -0.1) is 0 Å². The molecule has 1 atom stereocenters. The molecule has 3 rings (SSSR count). The molecule has 1 aliphatic rings. The fourth-order valence-corrected chi connectivity index (χ4v) is 4.65. The van der Waals surface area contributed by atoms with Crippen LogP contribution in [0.5, 0.6) is 0 Å². The Balaban J connectivity index is 1.53. The fourth-order valence-electron chi connectivity index (χ4n) is 3.76. The van der Waals surface area contributed by atoms with Crippen molar-refractivity contribution >= 4 is 41.2 Å². The van der Waals surface area contributed by atoms with Gasteiger partial charge in [0.25, 0.3) is 0 Å². The van der Waals surface area contributed by atoms with Crippen molar-refractivity contribution in [2.45, 2.75) is 54.6 Å². The topological polar surface area (TPSA) is 38.0 Å². The lowest BCUT2D eigenvalue weighted by Crippen LogP contribution is -2.53. The Bertz CT molecular complexity index is 716. The van der Waals surface area contributed by atoms with Crippen LogP contribution in [0.15, 0.2) is 36.4 Å². The molecule has 0 heterocycles. The van der Waals surface area contributed by atoms with E-state index in [4.69, 9.17) is 5.73 Å². The van der Waals surface area contributed by atoms with Gasteiger partial charge in [0.15, 0.2) is 0 Å². The van der Waals surface area contributed by atoms with Crippen LogP contribution in [0.2, 0.25) is 6.32 Å².